The fraction of sp³-hybridized carbons (Fsp3) is 0.667. The van der Waals surface area contributed by atoms with Crippen LogP contribution in [0.25, 0.3) is 0 Å². The second kappa shape index (κ2) is 2.82. The Morgan fingerprint density at radius 3 is 2.20 bits per heavy atom. The molecule has 0 fully saturated rings. The molecule has 0 aromatic heterocycles. The third-order valence-electron chi connectivity index (χ3n) is 0.352. The maximum atomic E-state index is 9.86. The molecule has 0 rings (SSSR count). The average molecular weight is 258 g/mol. The molecule has 0 bridgehead atoms. The molecule has 0 aliphatic heterocycles. The second-order valence-corrected chi connectivity index (χ2v) is 2.90. The van der Waals surface area contributed by atoms with Gasteiger partial charge in [-0.05, 0) is 0 Å². The monoisotopic (exact) mass is 259 g/mol. The van der Waals surface area contributed by atoms with Crippen LogP contribution in [-0.4, -0.2) is 5.78 Å². The Morgan fingerprint density at radius 2 is 2.20 bits per heavy atom. The minimum absolute atomic E-state index is 0.341. The summed E-state index contributed by atoms with van der Waals surface area (Å²) < 4.78 is 0.861. The van der Waals surface area contributed by atoms with Gasteiger partial charge in [-0.25, -0.2) is 0 Å². The standard InChI is InChI=1S/C3H5O.Hg/c1-3(2)4;/h1H2,2H3;. The predicted octanol–water partition coefficient (Wildman–Crippen LogP) is 0.540. The second-order valence-electron chi connectivity index (χ2n) is 0.952. The van der Waals surface area contributed by atoms with Crippen LogP contribution in [0.3, 0.4) is 0 Å². The molecule has 0 spiro atoms. The van der Waals surface area contributed by atoms with E-state index in [0.29, 0.717) is 31.9 Å². The predicted molar refractivity (Wildman–Crippen MR) is 15.5 cm³/mol. The zero-order valence-corrected chi connectivity index (χ0v) is 8.82. The van der Waals surface area contributed by atoms with Crippen molar-refractivity contribution in [3.8, 4) is 0 Å². The first-order valence-corrected chi connectivity index (χ1v) is 5.45. The van der Waals surface area contributed by atoms with Gasteiger partial charge in [-0.3, -0.25) is 0 Å². The van der Waals surface area contributed by atoms with Crippen molar-refractivity contribution >= 4 is 5.78 Å². The van der Waals surface area contributed by atoms with E-state index in [9.17, 15) is 4.79 Å². The molecule has 0 aliphatic rings. The molecule has 0 aliphatic carbocycles. The molecule has 0 aromatic rings. The van der Waals surface area contributed by atoms with Gasteiger partial charge in [0.05, 0.1) is 0 Å². The van der Waals surface area contributed by atoms with Crippen molar-refractivity contribution in [3.63, 3.8) is 0 Å². The van der Waals surface area contributed by atoms with Crippen molar-refractivity contribution in [2.24, 2.45) is 0 Å². The molecular formula is C3H5HgO. The summed E-state index contributed by atoms with van der Waals surface area (Å²) in [6.07, 6.45) is 0. The number of carbonyl (C=O) groups excluding carboxylic acids is 1. The van der Waals surface area contributed by atoms with Crippen molar-refractivity contribution in [1.29, 1.82) is 0 Å². The number of hydrogen-bond acceptors (Lipinski definition) is 1. The van der Waals surface area contributed by atoms with Gasteiger partial charge in [0.1, 0.15) is 0 Å². The van der Waals surface area contributed by atoms with E-state index in [-0.39, 0.29) is 0 Å². The Kier molecular flexibility index (Phi) is 3.16. The van der Waals surface area contributed by atoms with E-state index in [1.54, 1.807) is 6.92 Å². The summed E-state index contributed by atoms with van der Waals surface area (Å²) in [6.45, 7) is 1.63. The minimum atomic E-state index is 0.341. The van der Waals surface area contributed by atoms with Crippen LogP contribution < -0.4 is 0 Å². The van der Waals surface area contributed by atoms with Crippen molar-refractivity contribution in [2.75, 3.05) is 0 Å². The first kappa shape index (κ1) is 5.61. The van der Waals surface area contributed by atoms with Crippen LogP contribution in [0.5, 0.6) is 0 Å². The van der Waals surface area contributed by atoms with Crippen LogP contribution in [0, 0.1) is 0 Å². The number of carbonyl (C=O) groups is 1. The molecule has 0 saturated heterocycles. The summed E-state index contributed by atoms with van der Waals surface area (Å²) in [5.41, 5.74) is 0. The normalized spacial score (nSPS) is 7.80. The average Bonchev–Trinajstić information content (AvgIpc) is 1.38. The summed E-state index contributed by atoms with van der Waals surface area (Å²) in [5, 5.41) is 0. The van der Waals surface area contributed by atoms with Crippen molar-refractivity contribution in [1.82, 2.24) is 0 Å². The van der Waals surface area contributed by atoms with Gasteiger partial charge >= 0.3 is 47.6 Å². The molecular weight excluding hydrogens is 253 g/mol. The molecule has 0 amide bonds. The molecule has 25 valence electrons. The summed E-state index contributed by atoms with van der Waals surface area (Å²) >= 11 is 0.694. The molecule has 0 aromatic carbocycles. The van der Waals surface area contributed by atoms with Crippen molar-refractivity contribution in [3.05, 3.63) is 0 Å². The number of ketones is 1. The van der Waals surface area contributed by atoms with Gasteiger partial charge in [0.25, 0.3) is 0 Å². The molecule has 0 heterocycles. The molecule has 2 heteroatoms. The van der Waals surface area contributed by atoms with Gasteiger partial charge in [0.2, 0.25) is 0 Å². The Hall–Kier alpha value is 0.605. The molecule has 1 nitrogen and oxygen atoms in total. The van der Waals surface area contributed by atoms with E-state index < -0.39 is 0 Å². The van der Waals surface area contributed by atoms with Crippen LogP contribution in [0.4, 0.5) is 0 Å². The molecule has 0 saturated carbocycles. The summed E-state index contributed by atoms with van der Waals surface area (Å²) in [4.78, 5) is 9.86. The van der Waals surface area contributed by atoms with Crippen LogP contribution in [0.1, 0.15) is 6.92 Å². The number of rotatable bonds is 1. The third kappa shape index (κ3) is 4.61. The zero-order valence-electron chi connectivity index (χ0n) is 3.32. The van der Waals surface area contributed by atoms with E-state index in [1.165, 1.54) is 0 Å². The SMILES string of the molecule is CC(=O)[CH2][Hg]. The quantitative estimate of drug-likeness (QED) is 0.627. The molecule has 0 atom stereocenters. The van der Waals surface area contributed by atoms with Crippen LogP contribution >= 0.6 is 0 Å². The van der Waals surface area contributed by atoms with Crippen LogP contribution in [-0.2, 0) is 30.9 Å². The van der Waals surface area contributed by atoms with Gasteiger partial charge in [0.15, 0.2) is 0 Å². The maximum absolute atomic E-state index is 9.86. The molecule has 5 heavy (non-hydrogen) atoms. The third-order valence-corrected chi connectivity index (χ3v) is 3.09. The van der Waals surface area contributed by atoms with E-state index in [1.807, 2.05) is 0 Å². The Bertz CT molecular complexity index is 42.2. The van der Waals surface area contributed by atoms with Crippen LogP contribution in [0.2, 0.25) is 3.93 Å². The van der Waals surface area contributed by atoms with E-state index in [0.717, 1.165) is 3.93 Å². The molecule has 0 unspecified atom stereocenters. The Morgan fingerprint density at radius 1 is 2.00 bits per heavy atom. The molecule has 0 N–H and O–H groups in total. The van der Waals surface area contributed by atoms with Gasteiger partial charge in [-0.15, -0.1) is 0 Å². The topological polar surface area (TPSA) is 17.1 Å². The van der Waals surface area contributed by atoms with Gasteiger partial charge < -0.3 is 0 Å². The molecule has 0 radical (unpaired) electrons. The summed E-state index contributed by atoms with van der Waals surface area (Å²) in [7, 11) is 0. The zero-order chi connectivity index (χ0) is 4.28. The fourth-order valence-electron chi connectivity index (χ4n) is 0. The van der Waals surface area contributed by atoms with Gasteiger partial charge in [0, 0.05) is 0 Å². The van der Waals surface area contributed by atoms with E-state index >= 15 is 0 Å². The summed E-state index contributed by atoms with van der Waals surface area (Å²) in [6, 6.07) is 0. The Balaban J connectivity index is 2.85. The number of hydrogen-bond donors (Lipinski definition) is 0. The van der Waals surface area contributed by atoms with Crippen LogP contribution in [0.15, 0.2) is 0 Å². The van der Waals surface area contributed by atoms with Gasteiger partial charge in [-0.1, -0.05) is 0 Å². The van der Waals surface area contributed by atoms with E-state index in [4.69, 9.17) is 0 Å². The van der Waals surface area contributed by atoms with E-state index in [2.05, 4.69) is 0 Å². The van der Waals surface area contributed by atoms with Gasteiger partial charge in [-0.2, -0.15) is 0 Å². The Labute approximate surface area is 47.7 Å². The summed E-state index contributed by atoms with van der Waals surface area (Å²) in [5.74, 6) is 0.341. The van der Waals surface area contributed by atoms with Crippen molar-refractivity contribution < 1.29 is 30.9 Å². The first-order valence-electron chi connectivity index (χ1n) is 1.56. The van der Waals surface area contributed by atoms with Crippen molar-refractivity contribution in [2.45, 2.75) is 10.9 Å². The number of Topliss-reactive ketones (excluding diaryl/α,β-unsaturated/α-hetero) is 1. The fourth-order valence-corrected chi connectivity index (χ4v) is 0. The first-order chi connectivity index (χ1) is 2.27.